The molecule has 1 fully saturated rings. The lowest BCUT2D eigenvalue weighted by Crippen LogP contribution is -2.38. The Labute approximate surface area is 117 Å². The molecular weight excluding hydrogens is 258 g/mol. The van der Waals surface area contributed by atoms with Crippen molar-refractivity contribution in [2.75, 3.05) is 25.9 Å². The van der Waals surface area contributed by atoms with Gasteiger partial charge in [0, 0.05) is 18.8 Å². The van der Waals surface area contributed by atoms with Gasteiger partial charge in [0.05, 0.1) is 18.1 Å². The van der Waals surface area contributed by atoms with Gasteiger partial charge in [-0.15, -0.1) is 0 Å². The van der Waals surface area contributed by atoms with Crippen LogP contribution in [0.1, 0.15) is 23.7 Å². The number of carbonyl (C=O) groups excluding carboxylic acids is 2. The first-order valence-electron chi connectivity index (χ1n) is 6.40. The number of ether oxygens (including phenoxy) is 1. The Balaban J connectivity index is 2.23. The normalized spacial score (nSPS) is 21.8. The molecule has 0 radical (unpaired) electrons. The second kappa shape index (κ2) is 5.03. The van der Waals surface area contributed by atoms with E-state index in [9.17, 15) is 9.59 Å². The summed E-state index contributed by atoms with van der Waals surface area (Å²) in [5, 5.41) is 0. The summed E-state index contributed by atoms with van der Waals surface area (Å²) >= 11 is 0. The number of carbonyl (C=O) groups is 2. The number of nitrogens with two attached hydrogens (primary N) is 2. The van der Waals surface area contributed by atoms with Crippen molar-refractivity contribution < 1.29 is 14.3 Å². The first kappa shape index (κ1) is 14.2. The number of amides is 2. The minimum atomic E-state index is -0.663. The minimum Gasteiger partial charge on any atom is -0.497 e. The van der Waals surface area contributed by atoms with Crippen molar-refractivity contribution in [2.45, 2.75) is 13.3 Å². The molecule has 4 N–H and O–H groups in total. The molecule has 6 nitrogen and oxygen atoms in total. The Morgan fingerprint density at radius 2 is 2.10 bits per heavy atom. The van der Waals surface area contributed by atoms with Gasteiger partial charge in [-0.05, 0) is 31.5 Å². The number of rotatable bonds is 3. The molecule has 1 saturated heterocycles. The Hall–Kier alpha value is -2.24. The van der Waals surface area contributed by atoms with Crippen LogP contribution in [0.4, 0.5) is 5.69 Å². The summed E-state index contributed by atoms with van der Waals surface area (Å²) in [7, 11) is 1.53. The summed E-state index contributed by atoms with van der Waals surface area (Å²) in [6.07, 6.45) is 0.567. The average molecular weight is 277 g/mol. The molecule has 6 heteroatoms. The molecule has 108 valence electrons. The highest BCUT2D eigenvalue weighted by atomic mass is 16.5. The molecule has 1 aliphatic rings. The Morgan fingerprint density at radius 1 is 1.40 bits per heavy atom. The van der Waals surface area contributed by atoms with Gasteiger partial charge >= 0.3 is 0 Å². The summed E-state index contributed by atoms with van der Waals surface area (Å²) in [6, 6.07) is 4.94. The van der Waals surface area contributed by atoms with E-state index in [0.29, 0.717) is 36.5 Å². The molecule has 1 aromatic rings. The van der Waals surface area contributed by atoms with Crippen LogP contribution in [-0.4, -0.2) is 36.9 Å². The first-order chi connectivity index (χ1) is 9.37. The predicted molar refractivity (Wildman–Crippen MR) is 75.2 cm³/mol. The number of likely N-dealkylation sites (tertiary alicyclic amines) is 1. The zero-order valence-corrected chi connectivity index (χ0v) is 11.7. The number of nitrogen functional groups attached to an aromatic ring is 1. The lowest BCUT2D eigenvalue weighted by atomic mass is 9.89. The van der Waals surface area contributed by atoms with E-state index in [2.05, 4.69) is 0 Å². The van der Waals surface area contributed by atoms with Crippen LogP contribution in [0, 0.1) is 5.41 Å². The van der Waals surface area contributed by atoms with E-state index < -0.39 is 5.41 Å². The standard InChI is InChI=1S/C14H19N3O3/c1-14(13(16)19)5-6-17(8-14)12(18)10-7-9(20-2)3-4-11(10)15/h3-4,7H,5-6,8,15H2,1-2H3,(H2,16,19). The molecule has 0 saturated carbocycles. The number of hydrogen-bond donors (Lipinski definition) is 2. The molecular formula is C14H19N3O3. The second-order valence-electron chi connectivity index (χ2n) is 5.35. The van der Waals surface area contributed by atoms with Crippen molar-refractivity contribution in [1.82, 2.24) is 4.90 Å². The SMILES string of the molecule is COc1ccc(N)c(C(=O)N2CCC(C)(C(N)=O)C2)c1. The molecule has 0 bridgehead atoms. The highest BCUT2D eigenvalue weighted by Crippen LogP contribution is 2.31. The largest absolute Gasteiger partial charge is 0.497 e. The van der Waals surface area contributed by atoms with E-state index in [4.69, 9.17) is 16.2 Å². The smallest absolute Gasteiger partial charge is 0.256 e. The molecule has 1 atom stereocenters. The number of nitrogens with zero attached hydrogens (tertiary/aromatic N) is 1. The maximum atomic E-state index is 12.5. The fourth-order valence-corrected chi connectivity index (χ4v) is 2.35. The molecule has 2 rings (SSSR count). The van der Waals surface area contributed by atoms with Crippen LogP contribution in [0.3, 0.4) is 0 Å². The highest BCUT2D eigenvalue weighted by molar-refractivity contribution is 6.00. The highest BCUT2D eigenvalue weighted by Gasteiger charge is 2.41. The summed E-state index contributed by atoms with van der Waals surface area (Å²) in [5.74, 6) is -0.0165. The topological polar surface area (TPSA) is 98.7 Å². The average Bonchev–Trinajstić information content (AvgIpc) is 2.83. The van der Waals surface area contributed by atoms with Crippen molar-refractivity contribution in [1.29, 1.82) is 0 Å². The van der Waals surface area contributed by atoms with E-state index >= 15 is 0 Å². The van der Waals surface area contributed by atoms with Gasteiger partial charge in [-0.1, -0.05) is 0 Å². The van der Waals surface area contributed by atoms with Gasteiger partial charge in [0.2, 0.25) is 5.91 Å². The van der Waals surface area contributed by atoms with Gasteiger partial charge in [0.1, 0.15) is 5.75 Å². The van der Waals surface area contributed by atoms with Gasteiger partial charge in [0.25, 0.3) is 5.91 Å². The predicted octanol–water partition coefficient (Wildman–Crippen LogP) is 0.615. The first-order valence-corrected chi connectivity index (χ1v) is 6.40. The Kier molecular flexibility index (Phi) is 3.57. The number of anilines is 1. The van der Waals surface area contributed by atoms with Gasteiger partial charge in [-0.25, -0.2) is 0 Å². The summed E-state index contributed by atoms with van der Waals surface area (Å²) in [5.41, 5.74) is 11.3. The van der Waals surface area contributed by atoms with Crippen LogP contribution >= 0.6 is 0 Å². The van der Waals surface area contributed by atoms with Crippen LogP contribution in [-0.2, 0) is 4.79 Å². The van der Waals surface area contributed by atoms with Crippen molar-refractivity contribution in [3.05, 3.63) is 23.8 Å². The lowest BCUT2D eigenvalue weighted by molar-refractivity contribution is -0.126. The second-order valence-corrected chi connectivity index (χ2v) is 5.35. The summed E-state index contributed by atoms with van der Waals surface area (Å²) in [4.78, 5) is 25.5. The van der Waals surface area contributed by atoms with E-state index in [1.165, 1.54) is 7.11 Å². The zero-order chi connectivity index (χ0) is 14.9. The minimum absolute atomic E-state index is 0.202. The quantitative estimate of drug-likeness (QED) is 0.791. The van der Waals surface area contributed by atoms with E-state index in [-0.39, 0.29) is 11.8 Å². The summed E-state index contributed by atoms with van der Waals surface area (Å²) < 4.78 is 5.10. The van der Waals surface area contributed by atoms with Crippen LogP contribution in [0.25, 0.3) is 0 Å². The molecule has 2 amide bonds. The van der Waals surface area contributed by atoms with E-state index in [0.717, 1.165) is 0 Å². The number of benzene rings is 1. The molecule has 0 aliphatic carbocycles. The monoisotopic (exact) mass is 277 g/mol. The third-order valence-electron chi connectivity index (χ3n) is 3.85. The van der Waals surface area contributed by atoms with Crippen LogP contribution in [0.5, 0.6) is 5.75 Å². The zero-order valence-electron chi connectivity index (χ0n) is 11.7. The Morgan fingerprint density at radius 3 is 2.65 bits per heavy atom. The van der Waals surface area contributed by atoms with Crippen molar-refractivity contribution in [2.24, 2.45) is 11.1 Å². The fraction of sp³-hybridized carbons (Fsp3) is 0.429. The van der Waals surface area contributed by atoms with Crippen molar-refractivity contribution in [3.63, 3.8) is 0 Å². The van der Waals surface area contributed by atoms with Gasteiger partial charge < -0.3 is 21.1 Å². The molecule has 1 heterocycles. The maximum absolute atomic E-state index is 12.5. The number of primary amides is 1. The number of hydrogen-bond acceptors (Lipinski definition) is 4. The van der Waals surface area contributed by atoms with Crippen LogP contribution < -0.4 is 16.2 Å². The molecule has 1 aliphatic heterocycles. The van der Waals surface area contributed by atoms with Crippen LogP contribution in [0.2, 0.25) is 0 Å². The van der Waals surface area contributed by atoms with E-state index in [1.807, 2.05) is 0 Å². The Bertz CT molecular complexity index is 559. The fourth-order valence-electron chi connectivity index (χ4n) is 2.35. The van der Waals surface area contributed by atoms with Crippen LogP contribution in [0.15, 0.2) is 18.2 Å². The molecule has 0 spiro atoms. The third-order valence-corrected chi connectivity index (χ3v) is 3.85. The van der Waals surface area contributed by atoms with Gasteiger partial charge in [-0.2, -0.15) is 0 Å². The molecule has 20 heavy (non-hydrogen) atoms. The third kappa shape index (κ3) is 2.41. The van der Waals surface area contributed by atoms with Crippen molar-refractivity contribution >= 4 is 17.5 Å². The van der Waals surface area contributed by atoms with Gasteiger partial charge in [-0.3, -0.25) is 9.59 Å². The van der Waals surface area contributed by atoms with Gasteiger partial charge in [0.15, 0.2) is 0 Å². The van der Waals surface area contributed by atoms with E-state index in [1.54, 1.807) is 30.0 Å². The maximum Gasteiger partial charge on any atom is 0.256 e. The molecule has 1 unspecified atom stereocenters. The summed E-state index contributed by atoms with van der Waals surface area (Å²) in [6.45, 7) is 2.59. The number of methoxy groups -OCH3 is 1. The molecule has 0 aromatic heterocycles. The lowest BCUT2D eigenvalue weighted by Gasteiger charge is -2.21. The molecule has 1 aromatic carbocycles. The van der Waals surface area contributed by atoms with Crippen molar-refractivity contribution in [3.8, 4) is 5.75 Å².